The van der Waals surface area contributed by atoms with Crippen molar-refractivity contribution in [2.24, 2.45) is 0 Å². The molecular formula is C11H25NO2S. The minimum absolute atomic E-state index is 0.145. The zero-order valence-corrected chi connectivity index (χ0v) is 11.1. The first-order chi connectivity index (χ1) is 7.05. The minimum Gasteiger partial charge on any atom is -0.313 e. The van der Waals surface area contributed by atoms with Crippen molar-refractivity contribution < 1.29 is 8.42 Å². The van der Waals surface area contributed by atoms with Crippen LogP contribution in [-0.4, -0.2) is 32.5 Å². The molecule has 15 heavy (non-hydrogen) atoms. The molecule has 0 saturated heterocycles. The lowest BCUT2D eigenvalue weighted by Gasteiger charge is -2.17. The smallest absolute Gasteiger partial charge is 0.151 e. The maximum absolute atomic E-state index is 11.6. The predicted molar refractivity (Wildman–Crippen MR) is 65.9 cm³/mol. The number of hydrogen-bond acceptors (Lipinski definition) is 3. The van der Waals surface area contributed by atoms with E-state index >= 15 is 0 Å². The van der Waals surface area contributed by atoms with Crippen LogP contribution in [0.25, 0.3) is 0 Å². The molecule has 92 valence electrons. The van der Waals surface area contributed by atoms with E-state index in [0.717, 1.165) is 32.2 Å². The standard InChI is InChI=1S/C11H25NO2S/c1-4-7-11(12-8-5-2)10-15(13,14)9-6-3/h11-12H,4-10H2,1-3H3. The zero-order chi connectivity index (χ0) is 11.7. The Kier molecular flexibility index (Phi) is 8.06. The maximum Gasteiger partial charge on any atom is 0.151 e. The second kappa shape index (κ2) is 8.11. The third-order valence-corrected chi connectivity index (χ3v) is 4.23. The highest BCUT2D eigenvalue weighted by atomic mass is 32.2. The average molecular weight is 235 g/mol. The van der Waals surface area contributed by atoms with E-state index in [1.54, 1.807) is 0 Å². The summed E-state index contributed by atoms with van der Waals surface area (Å²) in [6.45, 7) is 7.00. The summed E-state index contributed by atoms with van der Waals surface area (Å²) in [5.41, 5.74) is 0. The van der Waals surface area contributed by atoms with E-state index in [0.29, 0.717) is 11.5 Å². The van der Waals surface area contributed by atoms with Gasteiger partial charge in [0.05, 0.1) is 5.75 Å². The van der Waals surface area contributed by atoms with E-state index in [1.807, 2.05) is 6.92 Å². The van der Waals surface area contributed by atoms with Crippen LogP contribution in [0.3, 0.4) is 0 Å². The van der Waals surface area contributed by atoms with Crippen molar-refractivity contribution in [2.45, 2.75) is 52.5 Å². The molecular weight excluding hydrogens is 210 g/mol. The fourth-order valence-corrected chi connectivity index (χ4v) is 3.33. The fraction of sp³-hybridized carbons (Fsp3) is 1.00. The average Bonchev–Trinajstić information content (AvgIpc) is 2.14. The summed E-state index contributed by atoms with van der Waals surface area (Å²) in [5, 5.41) is 3.31. The molecule has 1 unspecified atom stereocenters. The molecule has 0 spiro atoms. The summed E-state index contributed by atoms with van der Waals surface area (Å²) in [4.78, 5) is 0. The molecule has 0 aromatic heterocycles. The van der Waals surface area contributed by atoms with Crippen molar-refractivity contribution in [3.63, 3.8) is 0 Å². The van der Waals surface area contributed by atoms with Crippen LogP contribution in [0, 0.1) is 0 Å². The normalized spacial score (nSPS) is 14.1. The van der Waals surface area contributed by atoms with E-state index in [-0.39, 0.29) is 6.04 Å². The Balaban J connectivity index is 4.13. The molecule has 0 aromatic rings. The largest absolute Gasteiger partial charge is 0.313 e. The summed E-state index contributed by atoms with van der Waals surface area (Å²) in [5.74, 6) is 0.621. The molecule has 1 atom stereocenters. The van der Waals surface area contributed by atoms with Crippen molar-refractivity contribution in [1.82, 2.24) is 5.32 Å². The van der Waals surface area contributed by atoms with Crippen LogP contribution in [0.5, 0.6) is 0 Å². The predicted octanol–water partition coefficient (Wildman–Crippen LogP) is 1.98. The third-order valence-electron chi connectivity index (χ3n) is 2.29. The van der Waals surface area contributed by atoms with Crippen LogP contribution in [-0.2, 0) is 9.84 Å². The highest BCUT2D eigenvalue weighted by Crippen LogP contribution is 2.03. The Morgan fingerprint density at radius 2 is 1.73 bits per heavy atom. The van der Waals surface area contributed by atoms with Gasteiger partial charge in [-0.15, -0.1) is 0 Å². The molecule has 0 aliphatic rings. The van der Waals surface area contributed by atoms with Gasteiger partial charge in [0.15, 0.2) is 9.84 Å². The molecule has 0 rings (SSSR count). The van der Waals surface area contributed by atoms with Gasteiger partial charge in [-0.25, -0.2) is 8.42 Å². The van der Waals surface area contributed by atoms with Gasteiger partial charge in [0, 0.05) is 11.8 Å². The Morgan fingerprint density at radius 1 is 1.07 bits per heavy atom. The zero-order valence-electron chi connectivity index (χ0n) is 10.3. The Bertz CT molecular complexity index is 237. The van der Waals surface area contributed by atoms with Crippen LogP contribution in [0.4, 0.5) is 0 Å². The monoisotopic (exact) mass is 235 g/mol. The lowest BCUT2D eigenvalue weighted by atomic mass is 10.2. The molecule has 0 aliphatic heterocycles. The molecule has 0 heterocycles. The van der Waals surface area contributed by atoms with E-state index in [1.165, 1.54) is 0 Å². The van der Waals surface area contributed by atoms with Crippen molar-refractivity contribution in [3.8, 4) is 0 Å². The van der Waals surface area contributed by atoms with E-state index in [4.69, 9.17) is 0 Å². The summed E-state index contributed by atoms with van der Waals surface area (Å²) < 4.78 is 23.3. The van der Waals surface area contributed by atoms with Crippen LogP contribution in [0.15, 0.2) is 0 Å². The highest BCUT2D eigenvalue weighted by Gasteiger charge is 2.16. The lowest BCUT2D eigenvalue weighted by molar-refractivity contribution is 0.499. The van der Waals surface area contributed by atoms with Gasteiger partial charge in [-0.1, -0.05) is 27.2 Å². The maximum atomic E-state index is 11.6. The minimum atomic E-state index is -2.85. The van der Waals surface area contributed by atoms with Gasteiger partial charge in [0.1, 0.15) is 0 Å². The van der Waals surface area contributed by atoms with Crippen LogP contribution in [0.2, 0.25) is 0 Å². The van der Waals surface area contributed by atoms with Crippen molar-refractivity contribution in [3.05, 3.63) is 0 Å². The van der Waals surface area contributed by atoms with Gasteiger partial charge in [-0.3, -0.25) is 0 Å². The molecule has 1 N–H and O–H groups in total. The second-order valence-electron chi connectivity index (χ2n) is 4.05. The first-order valence-electron chi connectivity index (χ1n) is 5.99. The molecule has 0 radical (unpaired) electrons. The molecule has 0 fully saturated rings. The van der Waals surface area contributed by atoms with Gasteiger partial charge >= 0.3 is 0 Å². The second-order valence-corrected chi connectivity index (χ2v) is 6.28. The van der Waals surface area contributed by atoms with Gasteiger partial charge in [0.2, 0.25) is 0 Å². The van der Waals surface area contributed by atoms with Gasteiger partial charge in [0.25, 0.3) is 0 Å². The van der Waals surface area contributed by atoms with Gasteiger partial charge in [-0.05, 0) is 25.8 Å². The van der Waals surface area contributed by atoms with Crippen molar-refractivity contribution in [2.75, 3.05) is 18.1 Å². The van der Waals surface area contributed by atoms with Gasteiger partial charge < -0.3 is 5.32 Å². The van der Waals surface area contributed by atoms with Gasteiger partial charge in [-0.2, -0.15) is 0 Å². The fourth-order valence-electron chi connectivity index (χ4n) is 1.64. The number of nitrogens with one attached hydrogen (secondary N) is 1. The van der Waals surface area contributed by atoms with E-state index in [2.05, 4.69) is 19.2 Å². The Hall–Kier alpha value is -0.0900. The Labute approximate surface area is 94.6 Å². The first-order valence-corrected chi connectivity index (χ1v) is 7.81. The topological polar surface area (TPSA) is 46.2 Å². The lowest BCUT2D eigenvalue weighted by Crippen LogP contribution is -2.36. The van der Waals surface area contributed by atoms with Crippen molar-refractivity contribution in [1.29, 1.82) is 0 Å². The van der Waals surface area contributed by atoms with Crippen LogP contribution >= 0.6 is 0 Å². The molecule has 4 heteroatoms. The SMILES string of the molecule is CCCNC(CCC)CS(=O)(=O)CCC. The quantitative estimate of drug-likeness (QED) is 0.664. The van der Waals surface area contributed by atoms with E-state index < -0.39 is 9.84 Å². The van der Waals surface area contributed by atoms with Crippen LogP contribution in [0.1, 0.15) is 46.5 Å². The molecule has 0 aromatic carbocycles. The summed E-state index contributed by atoms with van der Waals surface area (Å²) in [6, 6.07) is 0.145. The van der Waals surface area contributed by atoms with Crippen LogP contribution < -0.4 is 5.32 Å². The molecule has 0 amide bonds. The number of rotatable bonds is 9. The molecule has 0 saturated carbocycles. The summed E-state index contributed by atoms with van der Waals surface area (Å²) in [7, 11) is -2.85. The Morgan fingerprint density at radius 3 is 2.20 bits per heavy atom. The molecule has 3 nitrogen and oxygen atoms in total. The number of hydrogen-bond donors (Lipinski definition) is 1. The highest BCUT2D eigenvalue weighted by molar-refractivity contribution is 7.91. The summed E-state index contributed by atoms with van der Waals surface area (Å²) in [6.07, 6.45) is 3.75. The molecule has 0 aliphatic carbocycles. The number of sulfone groups is 1. The molecule has 0 bridgehead atoms. The first kappa shape index (κ1) is 14.9. The third kappa shape index (κ3) is 7.79. The van der Waals surface area contributed by atoms with E-state index in [9.17, 15) is 8.42 Å². The van der Waals surface area contributed by atoms with Crippen molar-refractivity contribution >= 4 is 9.84 Å². The summed E-state index contributed by atoms with van der Waals surface area (Å²) >= 11 is 0.